The fraction of sp³-hybridized carbons (Fsp3) is 0.214. The maximum Gasteiger partial charge on any atom is 0.161 e. The van der Waals surface area contributed by atoms with Gasteiger partial charge in [0, 0.05) is 7.05 Å². The Morgan fingerprint density at radius 3 is 2.71 bits per heavy atom. The molecule has 1 nitrogen and oxygen atoms in total. The lowest BCUT2D eigenvalue weighted by Gasteiger charge is -2.00. The summed E-state index contributed by atoms with van der Waals surface area (Å²) in [6, 6.07) is 8.45. The van der Waals surface area contributed by atoms with Gasteiger partial charge in [-0.3, -0.25) is 0 Å². The number of aryl methyl sites for hydroxylation is 1. The average Bonchev–Trinajstić information content (AvgIpc) is 2.58. The zero-order valence-electron chi connectivity index (χ0n) is 10.1. The van der Waals surface area contributed by atoms with Crippen molar-refractivity contribution in [1.29, 1.82) is 0 Å². The van der Waals surface area contributed by atoms with E-state index in [4.69, 9.17) is 12.2 Å². The van der Waals surface area contributed by atoms with Crippen LogP contribution in [0.5, 0.6) is 0 Å². The summed E-state index contributed by atoms with van der Waals surface area (Å²) in [4.78, 5) is 0. The third-order valence-electron chi connectivity index (χ3n) is 2.88. The molecule has 1 heterocycles. The van der Waals surface area contributed by atoms with Crippen molar-refractivity contribution in [3.05, 3.63) is 49.2 Å². The van der Waals surface area contributed by atoms with Crippen LogP contribution >= 0.6 is 23.6 Å². The van der Waals surface area contributed by atoms with Crippen molar-refractivity contribution in [3.63, 3.8) is 0 Å². The van der Waals surface area contributed by atoms with Gasteiger partial charge in [0.05, 0.1) is 9.88 Å². The molecule has 0 aliphatic heterocycles. The SMILES string of the molecule is C=c1/c(=C/c2ccccc2CC)sc(=S)n1C. The first-order chi connectivity index (χ1) is 8.13. The van der Waals surface area contributed by atoms with E-state index in [9.17, 15) is 0 Å². The number of hydrogen-bond donors (Lipinski definition) is 0. The predicted octanol–water partition coefficient (Wildman–Crippen LogP) is 2.62. The number of aromatic nitrogens is 1. The van der Waals surface area contributed by atoms with Crippen LogP contribution in [0, 0.1) is 3.95 Å². The Bertz CT molecular complexity index is 692. The second-order valence-electron chi connectivity index (χ2n) is 3.93. The molecular weight excluding hydrogens is 246 g/mol. The summed E-state index contributed by atoms with van der Waals surface area (Å²) in [5.74, 6) is 0. The van der Waals surface area contributed by atoms with Gasteiger partial charge in [0.2, 0.25) is 0 Å². The number of thiazole rings is 1. The van der Waals surface area contributed by atoms with Gasteiger partial charge in [-0.05, 0) is 35.8 Å². The molecule has 2 aromatic rings. The van der Waals surface area contributed by atoms with Gasteiger partial charge in [0.25, 0.3) is 0 Å². The topological polar surface area (TPSA) is 4.93 Å². The normalized spacial score (nSPS) is 12.0. The molecule has 0 amide bonds. The molecule has 0 spiro atoms. The average molecular weight is 261 g/mol. The highest BCUT2D eigenvalue weighted by Crippen LogP contribution is 2.10. The summed E-state index contributed by atoms with van der Waals surface area (Å²) in [5.41, 5.74) is 2.62. The van der Waals surface area contributed by atoms with E-state index in [-0.39, 0.29) is 0 Å². The van der Waals surface area contributed by atoms with Crippen molar-refractivity contribution < 1.29 is 0 Å². The highest BCUT2D eigenvalue weighted by Gasteiger charge is 1.98. The van der Waals surface area contributed by atoms with E-state index >= 15 is 0 Å². The van der Waals surface area contributed by atoms with Crippen LogP contribution in [0.25, 0.3) is 12.7 Å². The Hall–Kier alpha value is -1.19. The number of rotatable bonds is 2. The lowest BCUT2D eigenvalue weighted by molar-refractivity contribution is 0.881. The highest BCUT2D eigenvalue weighted by atomic mass is 32.1. The summed E-state index contributed by atoms with van der Waals surface area (Å²) < 4.78 is 3.98. The van der Waals surface area contributed by atoms with Crippen molar-refractivity contribution in [2.75, 3.05) is 0 Å². The molecule has 2 rings (SSSR count). The zero-order valence-corrected chi connectivity index (χ0v) is 11.7. The molecule has 0 saturated carbocycles. The van der Waals surface area contributed by atoms with Crippen LogP contribution in [0.4, 0.5) is 0 Å². The first-order valence-corrected chi connectivity index (χ1v) is 6.80. The van der Waals surface area contributed by atoms with Crippen LogP contribution in [0.15, 0.2) is 24.3 Å². The Morgan fingerprint density at radius 2 is 2.12 bits per heavy atom. The van der Waals surface area contributed by atoms with E-state index in [0.29, 0.717) is 0 Å². The van der Waals surface area contributed by atoms with Crippen LogP contribution in [0.2, 0.25) is 0 Å². The molecule has 1 aromatic carbocycles. The number of hydrogen-bond acceptors (Lipinski definition) is 2. The Labute approximate surface area is 110 Å². The summed E-state index contributed by atoms with van der Waals surface area (Å²) in [6.45, 7) is 6.24. The monoisotopic (exact) mass is 261 g/mol. The van der Waals surface area contributed by atoms with Crippen LogP contribution in [-0.4, -0.2) is 4.57 Å². The maximum absolute atomic E-state index is 5.26. The van der Waals surface area contributed by atoms with E-state index in [1.54, 1.807) is 11.3 Å². The molecule has 0 N–H and O–H groups in total. The van der Waals surface area contributed by atoms with Crippen molar-refractivity contribution in [1.82, 2.24) is 4.57 Å². The van der Waals surface area contributed by atoms with Crippen molar-refractivity contribution in [3.8, 4) is 0 Å². The molecule has 0 aliphatic carbocycles. The largest absolute Gasteiger partial charge is 0.327 e. The molecule has 0 atom stereocenters. The molecule has 0 fully saturated rings. The van der Waals surface area contributed by atoms with Crippen LogP contribution < -0.4 is 9.88 Å². The van der Waals surface area contributed by atoms with Gasteiger partial charge >= 0.3 is 0 Å². The molecule has 88 valence electrons. The molecule has 3 heteroatoms. The van der Waals surface area contributed by atoms with Gasteiger partial charge in [0.15, 0.2) is 3.95 Å². The minimum atomic E-state index is 0.871. The number of nitrogens with zero attached hydrogens (tertiary/aromatic N) is 1. The first-order valence-electron chi connectivity index (χ1n) is 5.58. The molecule has 0 saturated heterocycles. The smallest absolute Gasteiger partial charge is 0.161 e. The molecule has 1 aromatic heterocycles. The Balaban J connectivity index is 2.67. The van der Waals surface area contributed by atoms with E-state index in [1.165, 1.54) is 11.1 Å². The van der Waals surface area contributed by atoms with Gasteiger partial charge in [0.1, 0.15) is 0 Å². The summed E-state index contributed by atoms with van der Waals surface area (Å²) in [6.07, 6.45) is 3.22. The minimum Gasteiger partial charge on any atom is -0.327 e. The second-order valence-corrected chi connectivity index (χ2v) is 5.61. The summed E-state index contributed by atoms with van der Waals surface area (Å²) >= 11 is 6.88. The van der Waals surface area contributed by atoms with Gasteiger partial charge in [-0.1, -0.05) is 37.8 Å². The second kappa shape index (κ2) is 4.98. The summed E-state index contributed by atoms with van der Waals surface area (Å²) in [7, 11) is 1.96. The van der Waals surface area contributed by atoms with E-state index < -0.39 is 0 Å². The molecule has 0 aliphatic rings. The van der Waals surface area contributed by atoms with E-state index in [0.717, 1.165) is 20.3 Å². The van der Waals surface area contributed by atoms with E-state index in [2.05, 4.69) is 43.8 Å². The lowest BCUT2D eigenvalue weighted by Crippen LogP contribution is -2.24. The lowest BCUT2D eigenvalue weighted by atomic mass is 10.1. The molecule has 0 radical (unpaired) electrons. The molecule has 17 heavy (non-hydrogen) atoms. The van der Waals surface area contributed by atoms with E-state index in [1.807, 2.05) is 11.6 Å². The first kappa shape index (κ1) is 12.3. The van der Waals surface area contributed by atoms with Crippen molar-refractivity contribution in [2.45, 2.75) is 13.3 Å². The molecular formula is C14H15NS2. The molecule has 0 bridgehead atoms. The minimum absolute atomic E-state index is 0.871. The standard InChI is InChI=1S/C14H15NS2/c1-4-11-7-5-6-8-12(11)9-13-10(2)15(3)14(16)17-13/h5-9H,2,4H2,1,3H3/b13-9-. The fourth-order valence-corrected chi connectivity index (χ4v) is 3.00. The van der Waals surface area contributed by atoms with Crippen LogP contribution in [-0.2, 0) is 13.5 Å². The zero-order chi connectivity index (χ0) is 12.4. The fourth-order valence-electron chi connectivity index (χ4n) is 1.75. The van der Waals surface area contributed by atoms with Gasteiger partial charge < -0.3 is 4.57 Å². The van der Waals surface area contributed by atoms with Crippen LogP contribution in [0.1, 0.15) is 18.1 Å². The predicted molar refractivity (Wildman–Crippen MR) is 78.3 cm³/mol. The molecule has 0 unspecified atom stereocenters. The third kappa shape index (κ3) is 2.40. The maximum atomic E-state index is 5.26. The van der Waals surface area contributed by atoms with Crippen molar-refractivity contribution >= 4 is 36.2 Å². The Kier molecular flexibility index (Phi) is 3.60. The highest BCUT2D eigenvalue weighted by molar-refractivity contribution is 7.73. The van der Waals surface area contributed by atoms with Gasteiger partial charge in [-0.2, -0.15) is 0 Å². The Morgan fingerprint density at radius 1 is 1.41 bits per heavy atom. The number of benzene rings is 1. The van der Waals surface area contributed by atoms with Gasteiger partial charge in [-0.15, -0.1) is 11.3 Å². The van der Waals surface area contributed by atoms with Crippen LogP contribution in [0.3, 0.4) is 0 Å². The third-order valence-corrected chi connectivity index (χ3v) is 4.43. The van der Waals surface area contributed by atoms with Crippen molar-refractivity contribution in [2.24, 2.45) is 7.05 Å². The quantitative estimate of drug-likeness (QED) is 0.752. The summed E-state index contributed by atoms with van der Waals surface area (Å²) in [5, 5.41) is 0.992. The van der Waals surface area contributed by atoms with Gasteiger partial charge in [-0.25, -0.2) is 0 Å².